The summed E-state index contributed by atoms with van der Waals surface area (Å²) in [5.74, 6) is 0.311. The van der Waals surface area contributed by atoms with Crippen LogP contribution in [0.4, 0.5) is 0 Å². The minimum atomic E-state index is -0.442. The molecule has 0 radical (unpaired) electrons. The lowest BCUT2D eigenvalue weighted by molar-refractivity contribution is 0.0468. The third kappa shape index (κ3) is 3.62. The average Bonchev–Trinajstić information content (AvgIpc) is 3.54. The summed E-state index contributed by atoms with van der Waals surface area (Å²) in [6.07, 6.45) is 7.78. The normalized spacial score (nSPS) is 14.5. The van der Waals surface area contributed by atoms with Gasteiger partial charge in [0, 0.05) is 23.0 Å². The Bertz CT molecular complexity index is 1630. The van der Waals surface area contributed by atoms with Gasteiger partial charge in [-0.3, -0.25) is 9.20 Å². The number of carbonyl (C=O) groups excluding carboxylic acids is 1. The van der Waals surface area contributed by atoms with Gasteiger partial charge in [-0.2, -0.15) is 0 Å². The molecule has 0 aliphatic heterocycles. The largest absolute Gasteiger partial charge is 0.465 e. The van der Waals surface area contributed by atoms with Gasteiger partial charge in [0.2, 0.25) is 0 Å². The number of aromatic nitrogens is 3. The zero-order valence-electron chi connectivity index (χ0n) is 18.1. The molecule has 1 aliphatic rings. The third-order valence-corrected chi connectivity index (χ3v) is 6.70. The van der Waals surface area contributed by atoms with Gasteiger partial charge >= 0.3 is 5.97 Å². The highest BCUT2D eigenvalue weighted by molar-refractivity contribution is 7.15. The predicted octanol–water partition coefficient (Wildman–Crippen LogP) is 5.13. The molecule has 0 atom stereocenters. The molecule has 1 aromatic carbocycles. The summed E-state index contributed by atoms with van der Waals surface area (Å²) in [7, 11) is 0. The lowest BCUT2D eigenvalue weighted by Gasteiger charge is -2.22. The number of rotatable bonds is 4. The van der Waals surface area contributed by atoms with Crippen molar-refractivity contribution in [3.8, 4) is 0 Å². The second-order valence-corrected chi connectivity index (χ2v) is 8.96. The van der Waals surface area contributed by atoms with E-state index in [1.807, 2.05) is 42.5 Å². The molecule has 0 saturated carbocycles. The van der Waals surface area contributed by atoms with E-state index in [1.54, 1.807) is 17.8 Å². The van der Waals surface area contributed by atoms with Crippen LogP contribution in [0, 0.1) is 0 Å². The number of pyridine rings is 1. The fourth-order valence-corrected chi connectivity index (χ4v) is 5.17. The van der Waals surface area contributed by atoms with E-state index in [1.165, 1.54) is 21.8 Å². The molecule has 6 rings (SSSR count). The number of ether oxygens (including phenoxy) is 1. The van der Waals surface area contributed by atoms with Gasteiger partial charge in [0.15, 0.2) is 4.96 Å². The second-order valence-electron chi connectivity index (χ2n) is 8.09. The molecule has 0 bridgehead atoms. The maximum Gasteiger partial charge on any atom is 0.339 e. The van der Waals surface area contributed by atoms with Crippen LogP contribution in [0.3, 0.4) is 0 Å². The third-order valence-electron chi connectivity index (χ3n) is 5.94. The second kappa shape index (κ2) is 8.39. The Hall–Kier alpha value is -4.04. The van der Waals surface area contributed by atoms with Crippen LogP contribution in [0.15, 0.2) is 69.5 Å². The number of hydrogen-bond acceptors (Lipinski definition) is 7. The minimum Gasteiger partial charge on any atom is -0.465 e. The molecule has 0 N–H and O–H groups in total. The first kappa shape index (κ1) is 20.6. The number of hydrogen-bond donors (Lipinski definition) is 0. The monoisotopic (exact) mass is 469 g/mol. The highest BCUT2D eigenvalue weighted by Crippen LogP contribution is 2.36. The summed E-state index contributed by atoms with van der Waals surface area (Å²) in [5, 5.41) is 2.55. The molecule has 1 aliphatic carbocycles. The minimum absolute atomic E-state index is 0.0804. The van der Waals surface area contributed by atoms with E-state index in [0.717, 1.165) is 52.8 Å². The van der Waals surface area contributed by atoms with Gasteiger partial charge in [0.05, 0.1) is 28.7 Å². The van der Waals surface area contributed by atoms with Crippen molar-refractivity contribution in [3.63, 3.8) is 0 Å². The zero-order valence-corrected chi connectivity index (χ0v) is 18.9. The summed E-state index contributed by atoms with van der Waals surface area (Å²) < 4.78 is 12.7. The molecular weight excluding hydrogens is 450 g/mol. The van der Waals surface area contributed by atoms with Gasteiger partial charge < -0.3 is 9.15 Å². The van der Waals surface area contributed by atoms with Crippen molar-refractivity contribution < 1.29 is 13.9 Å². The number of esters is 1. The number of fused-ring (bicyclic) bond motifs is 3. The van der Waals surface area contributed by atoms with Crippen molar-refractivity contribution in [2.75, 3.05) is 0 Å². The highest BCUT2D eigenvalue weighted by Gasteiger charge is 2.26. The van der Waals surface area contributed by atoms with E-state index >= 15 is 0 Å². The Kier molecular flexibility index (Phi) is 5.07. The van der Waals surface area contributed by atoms with Gasteiger partial charge in [-0.25, -0.2) is 14.8 Å². The lowest BCUT2D eigenvalue weighted by atomic mass is 9.86. The first-order valence-corrected chi connectivity index (χ1v) is 11.8. The lowest BCUT2D eigenvalue weighted by Crippen LogP contribution is -2.17. The predicted molar refractivity (Wildman–Crippen MR) is 130 cm³/mol. The van der Waals surface area contributed by atoms with Crippen molar-refractivity contribution in [1.29, 1.82) is 0 Å². The number of carbonyl (C=O) groups is 1. The standard InChI is InChI=1S/C26H19N3O4S/c30-22-14-17(27-26-29(22)10-12-34-26)15-33-25(31)23-19-7-1-2-9-21(19)28-24-16(5-3-8-20(23)24)13-18-6-4-11-32-18/h1-2,4,6-7,9-14H,3,5,8,15H2/b16-13-. The molecule has 168 valence electrons. The fourth-order valence-electron chi connectivity index (χ4n) is 4.43. The molecule has 0 amide bonds. The summed E-state index contributed by atoms with van der Waals surface area (Å²) in [6.45, 7) is -0.0804. The molecule has 34 heavy (non-hydrogen) atoms. The van der Waals surface area contributed by atoms with Gasteiger partial charge in [-0.15, -0.1) is 11.3 Å². The van der Waals surface area contributed by atoms with Crippen LogP contribution in [0.25, 0.3) is 27.5 Å². The van der Waals surface area contributed by atoms with Crippen LogP contribution >= 0.6 is 11.3 Å². The van der Waals surface area contributed by atoms with E-state index in [4.69, 9.17) is 14.1 Å². The molecule has 8 heteroatoms. The number of benzene rings is 1. The molecule has 4 aromatic heterocycles. The van der Waals surface area contributed by atoms with E-state index in [0.29, 0.717) is 16.2 Å². The van der Waals surface area contributed by atoms with Crippen molar-refractivity contribution in [1.82, 2.24) is 14.4 Å². The molecular formula is C26H19N3O4S. The molecule has 0 unspecified atom stereocenters. The Balaban J connectivity index is 1.40. The van der Waals surface area contributed by atoms with Gasteiger partial charge in [0.1, 0.15) is 12.4 Å². The van der Waals surface area contributed by atoms with E-state index in [9.17, 15) is 9.59 Å². The van der Waals surface area contributed by atoms with E-state index in [2.05, 4.69) is 4.98 Å². The topological polar surface area (TPSA) is 86.7 Å². The Morgan fingerprint density at radius 2 is 2.09 bits per heavy atom. The van der Waals surface area contributed by atoms with Crippen LogP contribution in [0.1, 0.15) is 45.9 Å². The Morgan fingerprint density at radius 1 is 1.18 bits per heavy atom. The molecule has 5 aromatic rings. The van der Waals surface area contributed by atoms with Gasteiger partial charge in [-0.1, -0.05) is 18.2 Å². The number of allylic oxidation sites excluding steroid dienone is 1. The smallest absolute Gasteiger partial charge is 0.339 e. The maximum absolute atomic E-state index is 13.4. The van der Waals surface area contributed by atoms with Crippen LogP contribution in [-0.2, 0) is 17.8 Å². The average molecular weight is 470 g/mol. The Labute approximate surface area is 198 Å². The molecule has 7 nitrogen and oxygen atoms in total. The molecule has 0 fully saturated rings. The summed E-state index contributed by atoms with van der Waals surface area (Å²) in [4.78, 5) is 35.6. The molecule has 0 saturated heterocycles. The number of furan rings is 1. The zero-order chi connectivity index (χ0) is 23.1. The maximum atomic E-state index is 13.4. The Morgan fingerprint density at radius 3 is 2.97 bits per heavy atom. The van der Waals surface area contributed by atoms with Crippen LogP contribution in [-0.4, -0.2) is 20.3 Å². The van der Waals surface area contributed by atoms with Gasteiger partial charge in [0.25, 0.3) is 5.56 Å². The SMILES string of the molecule is O=C(OCc1cc(=O)n2ccsc2n1)c1c2c(nc3ccccc13)/C(=C\c1ccco1)CCC2. The van der Waals surface area contributed by atoms with Crippen LogP contribution < -0.4 is 5.56 Å². The van der Waals surface area contributed by atoms with E-state index in [-0.39, 0.29) is 12.2 Å². The van der Waals surface area contributed by atoms with Crippen molar-refractivity contribution in [2.45, 2.75) is 25.9 Å². The fraction of sp³-hybridized carbons (Fsp3) is 0.154. The number of thiazole rings is 1. The molecule has 0 spiro atoms. The van der Waals surface area contributed by atoms with Gasteiger partial charge in [-0.05, 0) is 54.7 Å². The van der Waals surface area contributed by atoms with Crippen LogP contribution in [0.5, 0.6) is 0 Å². The van der Waals surface area contributed by atoms with Crippen molar-refractivity contribution in [3.05, 3.63) is 98.9 Å². The van der Waals surface area contributed by atoms with Crippen LogP contribution in [0.2, 0.25) is 0 Å². The van der Waals surface area contributed by atoms with Crippen molar-refractivity contribution in [2.24, 2.45) is 0 Å². The summed E-state index contributed by atoms with van der Waals surface area (Å²) >= 11 is 1.36. The summed E-state index contributed by atoms with van der Waals surface area (Å²) in [6, 6.07) is 12.7. The first-order valence-electron chi connectivity index (χ1n) is 11.0. The van der Waals surface area contributed by atoms with Crippen molar-refractivity contribution >= 4 is 44.8 Å². The first-order chi connectivity index (χ1) is 16.7. The molecule has 4 heterocycles. The number of nitrogens with zero attached hydrogens (tertiary/aromatic N) is 3. The number of para-hydroxylation sites is 1. The quantitative estimate of drug-likeness (QED) is 0.339. The summed E-state index contributed by atoms with van der Waals surface area (Å²) in [5.41, 5.74) is 4.22. The highest BCUT2D eigenvalue weighted by atomic mass is 32.1. The van der Waals surface area contributed by atoms with E-state index < -0.39 is 5.97 Å².